The van der Waals surface area contributed by atoms with Crippen molar-refractivity contribution in [3.63, 3.8) is 0 Å². The summed E-state index contributed by atoms with van der Waals surface area (Å²) in [5.74, 6) is -4.01. The van der Waals surface area contributed by atoms with Crippen molar-refractivity contribution >= 4 is 11.9 Å². The number of rotatable bonds is 1. The Hall–Kier alpha value is -1.36. The van der Waals surface area contributed by atoms with E-state index in [2.05, 4.69) is 17.9 Å². The molecule has 0 unspecified atom stereocenters. The fourth-order valence-corrected chi connectivity index (χ4v) is 0.645. The molecule has 1 aromatic rings. The summed E-state index contributed by atoms with van der Waals surface area (Å²) in [4.78, 5) is 18.0. The fourth-order valence-electron chi connectivity index (χ4n) is 0.645. The van der Waals surface area contributed by atoms with Crippen molar-refractivity contribution in [2.24, 2.45) is 0 Å². The van der Waals surface area contributed by atoms with Gasteiger partial charge in [0, 0.05) is 22.6 Å². The number of aliphatic carboxylic acids is 2. The zero-order valence-electron chi connectivity index (χ0n) is 7.77. The van der Waals surface area contributed by atoms with Crippen LogP contribution >= 0.6 is 0 Å². The average molecular weight is 261 g/mol. The van der Waals surface area contributed by atoms with Crippen molar-refractivity contribution in [1.29, 1.82) is 0 Å². The molecule has 4 N–H and O–H groups in total. The van der Waals surface area contributed by atoms with Crippen molar-refractivity contribution in [2.75, 3.05) is 0 Å². The molecular formula is C9H11CuNO4. The van der Waals surface area contributed by atoms with Crippen LogP contribution in [0.15, 0.2) is 30.3 Å². The quantitative estimate of drug-likeness (QED) is 0.461. The van der Waals surface area contributed by atoms with E-state index in [0.717, 1.165) is 6.54 Å². The van der Waals surface area contributed by atoms with Crippen LogP contribution in [0.3, 0.4) is 0 Å². The van der Waals surface area contributed by atoms with Crippen LogP contribution in [0, 0.1) is 0 Å². The second-order valence-electron chi connectivity index (χ2n) is 2.33. The third-order valence-corrected chi connectivity index (χ3v) is 1.31. The Balaban J connectivity index is 0. The predicted molar refractivity (Wildman–Crippen MR) is 45.7 cm³/mol. The molecule has 0 saturated heterocycles. The summed E-state index contributed by atoms with van der Waals surface area (Å²) in [5.41, 5.74) is 5.05. The molecule has 1 radical (unpaired) electrons. The number of carboxylic acid groups (broad SMARTS) is 2. The number of hydrogen-bond acceptors (Lipinski definition) is 3. The van der Waals surface area contributed by atoms with E-state index in [4.69, 9.17) is 19.8 Å². The van der Waals surface area contributed by atoms with E-state index in [-0.39, 0.29) is 17.1 Å². The van der Waals surface area contributed by atoms with E-state index in [0.29, 0.717) is 0 Å². The Bertz CT molecular complexity index is 290. The summed E-state index contributed by atoms with van der Waals surface area (Å²) in [6.07, 6.45) is 0. The molecule has 0 atom stereocenters. The Kier molecular flexibility index (Phi) is 9.87. The van der Waals surface area contributed by atoms with Crippen molar-refractivity contribution in [3.8, 4) is 0 Å². The van der Waals surface area contributed by atoms with E-state index in [9.17, 15) is 0 Å². The summed E-state index contributed by atoms with van der Waals surface area (Å²) in [6.45, 7) is 0.890. The summed E-state index contributed by atoms with van der Waals surface area (Å²) in [6, 6.07) is 10.2. The molecule has 6 heteroatoms. The van der Waals surface area contributed by atoms with Gasteiger partial charge in [-0.3, -0.25) is 0 Å². The Morgan fingerprint density at radius 2 is 1.67 bits per heavy atom. The molecule has 0 amide bonds. The zero-order chi connectivity index (χ0) is 11.0. The van der Waals surface area contributed by atoms with E-state index in [1.165, 1.54) is 5.56 Å². The van der Waals surface area contributed by atoms with Gasteiger partial charge in [0.2, 0.25) is 0 Å². The van der Waals surface area contributed by atoms with Gasteiger partial charge in [-0.2, -0.15) is 0 Å². The third kappa shape index (κ3) is 8.96. The largest absolute Gasteiger partial charge is 0.539 e. The van der Waals surface area contributed by atoms with Crippen LogP contribution < -0.4 is 10.8 Å². The number of benzene rings is 1. The SMILES string of the molecule is O=C([O-])C(=O)O.[Cu].[NH3+]Cc1ccccc1. The molecule has 0 heterocycles. The van der Waals surface area contributed by atoms with Gasteiger partial charge >= 0.3 is 5.97 Å². The van der Waals surface area contributed by atoms with Crippen LogP contribution in [0.5, 0.6) is 0 Å². The van der Waals surface area contributed by atoms with Gasteiger partial charge in [-0.25, -0.2) is 4.79 Å². The van der Waals surface area contributed by atoms with Gasteiger partial charge in [-0.15, -0.1) is 0 Å². The number of carbonyl (C=O) groups excluding carboxylic acids is 1. The van der Waals surface area contributed by atoms with Crippen LogP contribution in [0.1, 0.15) is 5.56 Å². The maximum absolute atomic E-state index is 9.04. The number of quaternary nitrogens is 1. The van der Waals surface area contributed by atoms with Gasteiger partial charge in [0.25, 0.3) is 0 Å². The number of carbonyl (C=O) groups is 2. The molecule has 1 aromatic carbocycles. The van der Waals surface area contributed by atoms with E-state index >= 15 is 0 Å². The first-order valence-electron chi connectivity index (χ1n) is 3.85. The maximum Gasteiger partial charge on any atom is 0.351 e. The summed E-state index contributed by atoms with van der Waals surface area (Å²) < 4.78 is 0. The summed E-state index contributed by atoms with van der Waals surface area (Å²) >= 11 is 0. The van der Waals surface area contributed by atoms with Crippen molar-refractivity contribution < 1.29 is 42.6 Å². The smallest absolute Gasteiger partial charge is 0.351 e. The Morgan fingerprint density at radius 1 is 1.27 bits per heavy atom. The van der Waals surface area contributed by atoms with E-state index < -0.39 is 11.9 Å². The minimum absolute atomic E-state index is 0. The molecule has 0 aliphatic rings. The monoisotopic (exact) mass is 260 g/mol. The first-order chi connectivity index (χ1) is 6.57. The summed E-state index contributed by atoms with van der Waals surface area (Å²) in [5, 5.41) is 16.3. The predicted octanol–water partition coefficient (Wildman–Crippen LogP) is -1.75. The van der Waals surface area contributed by atoms with Crippen molar-refractivity contribution in [3.05, 3.63) is 35.9 Å². The molecule has 5 nitrogen and oxygen atoms in total. The number of carboxylic acids is 2. The molecule has 0 aromatic heterocycles. The minimum atomic E-state index is -2.07. The van der Waals surface area contributed by atoms with Gasteiger partial charge in [-0.1, -0.05) is 30.3 Å². The van der Waals surface area contributed by atoms with Crippen LogP contribution in [-0.2, 0) is 33.2 Å². The Labute approximate surface area is 97.4 Å². The zero-order valence-corrected chi connectivity index (χ0v) is 8.72. The summed E-state index contributed by atoms with van der Waals surface area (Å²) in [7, 11) is 0. The molecule has 0 bridgehead atoms. The van der Waals surface area contributed by atoms with Crippen molar-refractivity contribution in [2.45, 2.75) is 6.54 Å². The third-order valence-electron chi connectivity index (χ3n) is 1.31. The molecule has 0 aliphatic carbocycles. The van der Waals surface area contributed by atoms with Gasteiger partial charge < -0.3 is 20.7 Å². The Morgan fingerprint density at radius 3 is 1.87 bits per heavy atom. The second kappa shape index (κ2) is 9.20. The van der Waals surface area contributed by atoms with Gasteiger partial charge in [0.15, 0.2) is 5.97 Å². The van der Waals surface area contributed by atoms with E-state index in [1.807, 2.05) is 18.2 Å². The number of hydrogen-bond donors (Lipinski definition) is 2. The van der Waals surface area contributed by atoms with Crippen LogP contribution in [0.4, 0.5) is 0 Å². The van der Waals surface area contributed by atoms with Crippen LogP contribution in [-0.4, -0.2) is 17.0 Å². The molecule has 15 heavy (non-hydrogen) atoms. The fraction of sp³-hybridized carbons (Fsp3) is 0.111. The topological polar surface area (TPSA) is 105 Å². The first kappa shape index (κ1) is 16.1. The molecule has 1 rings (SSSR count). The molecular weight excluding hydrogens is 250 g/mol. The molecule has 87 valence electrons. The van der Waals surface area contributed by atoms with Crippen molar-refractivity contribution in [1.82, 2.24) is 0 Å². The normalized spacial score (nSPS) is 7.80. The minimum Gasteiger partial charge on any atom is -0.539 e. The van der Waals surface area contributed by atoms with E-state index in [1.54, 1.807) is 0 Å². The molecule has 0 saturated carbocycles. The molecule has 0 fully saturated rings. The van der Waals surface area contributed by atoms with Gasteiger partial charge in [-0.05, 0) is 0 Å². The second-order valence-corrected chi connectivity index (χ2v) is 2.33. The van der Waals surface area contributed by atoms with Crippen LogP contribution in [0.2, 0.25) is 0 Å². The van der Waals surface area contributed by atoms with Gasteiger partial charge in [0.05, 0.1) is 6.54 Å². The molecule has 0 aliphatic heterocycles. The molecule has 0 spiro atoms. The average Bonchev–Trinajstić information content (AvgIpc) is 2.20. The first-order valence-corrected chi connectivity index (χ1v) is 3.85. The van der Waals surface area contributed by atoms with Crippen LogP contribution in [0.25, 0.3) is 0 Å². The maximum atomic E-state index is 9.04. The standard InChI is InChI=1S/C7H9N.C2H2O4.Cu/c8-6-7-4-2-1-3-5-7;3-1(4)2(5)6;/h1-5H,6,8H2;(H,3,4)(H,5,6);. The van der Waals surface area contributed by atoms with Gasteiger partial charge in [0.1, 0.15) is 0 Å².